The zero-order valence-corrected chi connectivity index (χ0v) is 13.1. The zero-order valence-electron chi connectivity index (χ0n) is 13.1. The molecule has 4 heteroatoms. The molecule has 1 unspecified atom stereocenters. The summed E-state index contributed by atoms with van der Waals surface area (Å²) in [5.41, 5.74) is 0.873. The van der Waals surface area contributed by atoms with Crippen molar-refractivity contribution in [2.45, 2.75) is 44.8 Å². The van der Waals surface area contributed by atoms with Crippen molar-refractivity contribution in [3.05, 3.63) is 29.8 Å². The van der Waals surface area contributed by atoms with E-state index in [1.807, 2.05) is 29.2 Å². The molecule has 2 aliphatic rings. The van der Waals surface area contributed by atoms with Crippen LogP contribution in [-0.2, 0) is 4.79 Å². The molecular weight excluding hydrogens is 264 g/mol. The van der Waals surface area contributed by atoms with Gasteiger partial charge in [-0.15, -0.1) is 0 Å². The number of nitrogens with zero attached hydrogens (tertiary/aromatic N) is 1. The van der Waals surface area contributed by atoms with Crippen LogP contribution in [0.3, 0.4) is 0 Å². The van der Waals surface area contributed by atoms with Crippen molar-refractivity contribution in [1.82, 2.24) is 10.2 Å². The lowest BCUT2D eigenvalue weighted by atomic mass is 10.1. The number of hydrogen-bond acceptors (Lipinski definition) is 3. The fraction of sp³-hybridized carbons (Fsp3) is 0.588. The van der Waals surface area contributed by atoms with Crippen LogP contribution in [0.15, 0.2) is 24.3 Å². The SMILES string of the molecule is COc1ccc(C2NC3(CC3)C(=O)N2CCC(C)C)cc1. The number of benzene rings is 1. The van der Waals surface area contributed by atoms with E-state index < -0.39 is 0 Å². The normalized spacial score (nSPS) is 23.1. The van der Waals surface area contributed by atoms with Crippen LogP contribution in [0.2, 0.25) is 0 Å². The van der Waals surface area contributed by atoms with Gasteiger partial charge in [0.05, 0.1) is 7.11 Å². The van der Waals surface area contributed by atoms with Crippen molar-refractivity contribution >= 4 is 5.91 Å². The predicted octanol–water partition coefficient (Wildman–Crippen LogP) is 2.70. The number of hydrogen-bond donors (Lipinski definition) is 1. The number of carbonyl (C=O) groups is 1. The first-order valence-electron chi connectivity index (χ1n) is 7.78. The van der Waals surface area contributed by atoms with E-state index in [2.05, 4.69) is 19.2 Å². The molecular formula is C17H24N2O2. The summed E-state index contributed by atoms with van der Waals surface area (Å²) in [7, 11) is 1.67. The summed E-state index contributed by atoms with van der Waals surface area (Å²) >= 11 is 0. The Kier molecular flexibility index (Phi) is 3.66. The molecule has 0 bridgehead atoms. The third kappa shape index (κ3) is 2.64. The fourth-order valence-corrected chi connectivity index (χ4v) is 2.95. The molecule has 1 saturated heterocycles. The maximum Gasteiger partial charge on any atom is 0.244 e. The first-order chi connectivity index (χ1) is 10.1. The van der Waals surface area contributed by atoms with Crippen molar-refractivity contribution in [1.29, 1.82) is 0 Å². The molecule has 0 radical (unpaired) electrons. The van der Waals surface area contributed by atoms with E-state index in [1.165, 1.54) is 0 Å². The van der Waals surface area contributed by atoms with E-state index in [0.717, 1.165) is 37.1 Å². The summed E-state index contributed by atoms with van der Waals surface area (Å²) in [6.07, 6.45) is 2.98. The third-order valence-corrected chi connectivity index (χ3v) is 4.52. The van der Waals surface area contributed by atoms with Crippen molar-refractivity contribution < 1.29 is 9.53 Å². The first kappa shape index (κ1) is 14.4. The van der Waals surface area contributed by atoms with E-state index in [-0.39, 0.29) is 17.6 Å². The highest BCUT2D eigenvalue weighted by molar-refractivity contribution is 5.92. The Bertz CT molecular complexity index is 520. The molecule has 1 aliphatic heterocycles. The minimum Gasteiger partial charge on any atom is -0.497 e. The average molecular weight is 288 g/mol. The molecule has 1 atom stereocenters. The quantitative estimate of drug-likeness (QED) is 0.906. The monoisotopic (exact) mass is 288 g/mol. The summed E-state index contributed by atoms with van der Waals surface area (Å²) in [5.74, 6) is 1.73. The van der Waals surface area contributed by atoms with Gasteiger partial charge in [0.2, 0.25) is 5.91 Å². The molecule has 0 aromatic heterocycles. The van der Waals surface area contributed by atoms with Crippen LogP contribution in [-0.4, -0.2) is 30.0 Å². The van der Waals surface area contributed by atoms with Crippen molar-refractivity contribution in [3.8, 4) is 5.75 Å². The Morgan fingerprint density at radius 3 is 2.52 bits per heavy atom. The summed E-state index contributed by atoms with van der Waals surface area (Å²) in [6, 6.07) is 8.02. The molecule has 1 heterocycles. The Balaban J connectivity index is 1.81. The lowest BCUT2D eigenvalue weighted by Crippen LogP contribution is -2.33. The first-order valence-corrected chi connectivity index (χ1v) is 7.78. The zero-order chi connectivity index (χ0) is 15.0. The lowest BCUT2D eigenvalue weighted by Gasteiger charge is -2.25. The van der Waals surface area contributed by atoms with Gasteiger partial charge in [-0.2, -0.15) is 0 Å². The van der Waals surface area contributed by atoms with Crippen molar-refractivity contribution in [2.75, 3.05) is 13.7 Å². The number of carbonyl (C=O) groups excluding carboxylic acids is 1. The molecule has 114 valence electrons. The van der Waals surface area contributed by atoms with Crippen LogP contribution in [0.4, 0.5) is 0 Å². The number of methoxy groups -OCH3 is 1. The number of rotatable bonds is 5. The smallest absolute Gasteiger partial charge is 0.244 e. The van der Waals surface area contributed by atoms with Crippen LogP contribution < -0.4 is 10.1 Å². The molecule has 2 fully saturated rings. The van der Waals surface area contributed by atoms with Gasteiger partial charge in [0.25, 0.3) is 0 Å². The van der Waals surface area contributed by atoms with Crippen molar-refractivity contribution in [2.24, 2.45) is 5.92 Å². The van der Waals surface area contributed by atoms with Gasteiger partial charge in [0, 0.05) is 6.54 Å². The number of ether oxygens (including phenoxy) is 1. The molecule has 21 heavy (non-hydrogen) atoms. The maximum atomic E-state index is 12.6. The van der Waals surface area contributed by atoms with E-state index in [1.54, 1.807) is 7.11 Å². The van der Waals surface area contributed by atoms with E-state index in [4.69, 9.17) is 4.74 Å². The van der Waals surface area contributed by atoms with Crippen LogP contribution >= 0.6 is 0 Å². The predicted molar refractivity (Wildman–Crippen MR) is 82.0 cm³/mol. The fourth-order valence-electron chi connectivity index (χ4n) is 2.95. The van der Waals surface area contributed by atoms with Crippen molar-refractivity contribution in [3.63, 3.8) is 0 Å². The van der Waals surface area contributed by atoms with Gasteiger partial charge in [-0.25, -0.2) is 0 Å². The molecule has 1 saturated carbocycles. The van der Waals surface area contributed by atoms with Gasteiger partial charge in [0.1, 0.15) is 17.5 Å². The molecule has 1 aliphatic carbocycles. The molecule has 1 N–H and O–H groups in total. The lowest BCUT2D eigenvalue weighted by molar-refractivity contribution is -0.131. The largest absolute Gasteiger partial charge is 0.497 e. The Hall–Kier alpha value is -1.55. The second kappa shape index (κ2) is 5.34. The highest BCUT2D eigenvalue weighted by atomic mass is 16.5. The van der Waals surface area contributed by atoms with Gasteiger partial charge in [-0.05, 0) is 42.9 Å². The second-order valence-electron chi connectivity index (χ2n) is 6.58. The highest BCUT2D eigenvalue weighted by Crippen LogP contribution is 2.46. The summed E-state index contributed by atoms with van der Waals surface area (Å²) in [4.78, 5) is 14.7. The summed E-state index contributed by atoms with van der Waals surface area (Å²) in [5, 5.41) is 3.55. The minimum atomic E-state index is -0.262. The Labute approximate surface area is 126 Å². The number of nitrogens with one attached hydrogen (secondary N) is 1. The Morgan fingerprint density at radius 2 is 2.00 bits per heavy atom. The van der Waals surface area contributed by atoms with E-state index in [9.17, 15) is 4.79 Å². The van der Waals surface area contributed by atoms with Gasteiger partial charge >= 0.3 is 0 Å². The van der Waals surface area contributed by atoms with Crippen LogP contribution in [0.25, 0.3) is 0 Å². The van der Waals surface area contributed by atoms with E-state index in [0.29, 0.717) is 5.92 Å². The minimum absolute atomic E-state index is 0.00431. The van der Waals surface area contributed by atoms with Crippen LogP contribution in [0.5, 0.6) is 5.75 Å². The molecule has 1 spiro atoms. The van der Waals surface area contributed by atoms with Crippen LogP contribution in [0.1, 0.15) is 44.8 Å². The highest BCUT2D eigenvalue weighted by Gasteiger charge is 2.59. The molecule has 1 amide bonds. The standard InChI is InChI=1S/C17H24N2O2/c1-12(2)8-11-19-15(18-17(9-10-17)16(19)20)13-4-6-14(21-3)7-5-13/h4-7,12,15,18H,8-11H2,1-3H3. The van der Waals surface area contributed by atoms with Gasteiger partial charge in [-0.3, -0.25) is 10.1 Å². The molecule has 1 aromatic carbocycles. The summed E-state index contributed by atoms with van der Waals surface area (Å²) in [6.45, 7) is 5.22. The molecule has 1 aromatic rings. The van der Waals surface area contributed by atoms with Gasteiger partial charge in [0.15, 0.2) is 0 Å². The topological polar surface area (TPSA) is 41.6 Å². The average Bonchev–Trinajstić information content (AvgIpc) is 3.21. The van der Waals surface area contributed by atoms with E-state index >= 15 is 0 Å². The molecule has 3 rings (SSSR count). The maximum absolute atomic E-state index is 12.6. The van der Waals surface area contributed by atoms with Gasteiger partial charge in [-0.1, -0.05) is 26.0 Å². The van der Waals surface area contributed by atoms with Gasteiger partial charge < -0.3 is 9.64 Å². The van der Waals surface area contributed by atoms with Crippen LogP contribution in [0, 0.1) is 5.92 Å². The summed E-state index contributed by atoms with van der Waals surface area (Å²) < 4.78 is 5.21. The third-order valence-electron chi connectivity index (χ3n) is 4.52. The second-order valence-corrected chi connectivity index (χ2v) is 6.58. The number of amides is 1. The Morgan fingerprint density at radius 1 is 1.33 bits per heavy atom. The molecule has 4 nitrogen and oxygen atoms in total.